The molecule has 3 aromatic rings. The van der Waals surface area contributed by atoms with Gasteiger partial charge in [-0.2, -0.15) is 4.98 Å². The Hall–Kier alpha value is -2.67. The number of carbonyl (C=O) groups excluding carboxylic acids is 1. The normalized spacial score (nSPS) is 13.2. The summed E-state index contributed by atoms with van der Waals surface area (Å²) >= 11 is 1.61. The van der Waals surface area contributed by atoms with E-state index in [1.165, 1.54) is 0 Å². The lowest BCUT2D eigenvalue weighted by Crippen LogP contribution is -2.38. The van der Waals surface area contributed by atoms with Gasteiger partial charge in [0, 0.05) is 10.4 Å². The third-order valence-electron chi connectivity index (χ3n) is 3.51. The van der Waals surface area contributed by atoms with E-state index in [-0.39, 0.29) is 18.1 Å². The van der Waals surface area contributed by atoms with Crippen molar-refractivity contribution in [3.63, 3.8) is 0 Å². The second-order valence-electron chi connectivity index (χ2n) is 5.40. The summed E-state index contributed by atoms with van der Waals surface area (Å²) in [5.41, 5.74) is 0.846. The summed E-state index contributed by atoms with van der Waals surface area (Å²) < 4.78 is 5.26. The van der Waals surface area contributed by atoms with Crippen LogP contribution in [0.4, 0.5) is 4.79 Å². The van der Waals surface area contributed by atoms with E-state index in [9.17, 15) is 4.79 Å². The van der Waals surface area contributed by atoms with Gasteiger partial charge in [0.1, 0.15) is 0 Å². The molecule has 124 valence electrons. The molecule has 0 radical (unpaired) electrons. The number of hydrogen-bond donors (Lipinski definition) is 2. The summed E-state index contributed by atoms with van der Waals surface area (Å²) in [6.07, 6.45) is 0. The van der Waals surface area contributed by atoms with Crippen molar-refractivity contribution < 1.29 is 9.32 Å². The summed E-state index contributed by atoms with van der Waals surface area (Å²) in [6.45, 7) is 3.76. The topological polar surface area (TPSA) is 80.0 Å². The zero-order valence-electron chi connectivity index (χ0n) is 13.4. The van der Waals surface area contributed by atoms with E-state index < -0.39 is 0 Å². The number of nitrogens with one attached hydrogen (secondary N) is 2. The summed E-state index contributed by atoms with van der Waals surface area (Å²) in [5, 5.41) is 11.7. The zero-order valence-corrected chi connectivity index (χ0v) is 14.2. The number of urea groups is 1. The van der Waals surface area contributed by atoms with E-state index in [0.29, 0.717) is 11.7 Å². The molecule has 7 heteroatoms. The van der Waals surface area contributed by atoms with E-state index in [1.54, 1.807) is 11.3 Å². The van der Waals surface area contributed by atoms with Crippen molar-refractivity contribution in [1.82, 2.24) is 20.8 Å². The van der Waals surface area contributed by atoms with Gasteiger partial charge in [-0.25, -0.2) is 4.79 Å². The van der Waals surface area contributed by atoms with Crippen molar-refractivity contribution >= 4 is 17.4 Å². The highest BCUT2D eigenvalue weighted by Crippen LogP contribution is 2.20. The molecule has 0 unspecified atom stereocenters. The number of nitrogens with zero attached hydrogens (tertiary/aromatic N) is 2. The smallest absolute Gasteiger partial charge is 0.315 e. The van der Waals surface area contributed by atoms with E-state index in [2.05, 4.69) is 20.8 Å². The molecule has 0 saturated carbocycles. The summed E-state index contributed by atoms with van der Waals surface area (Å²) in [5.74, 6) is 0.874. The molecule has 0 saturated heterocycles. The van der Waals surface area contributed by atoms with Crippen LogP contribution in [0.2, 0.25) is 0 Å². The maximum Gasteiger partial charge on any atom is 0.315 e. The van der Waals surface area contributed by atoms with Crippen LogP contribution in [0.1, 0.15) is 36.6 Å². The van der Waals surface area contributed by atoms with Crippen molar-refractivity contribution in [2.45, 2.75) is 25.9 Å². The quantitative estimate of drug-likeness (QED) is 0.736. The predicted octanol–water partition coefficient (Wildman–Crippen LogP) is 3.92. The van der Waals surface area contributed by atoms with Crippen LogP contribution in [-0.2, 0) is 0 Å². The van der Waals surface area contributed by atoms with Crippen LogP contribution >= 0.6 is 11.3 Å². The van der Waals surface area contributed by atoms with Crippen LogP contribution in [-0.4, -0.2) is 16.2 Å². The molecule has 0 aliphatic rings. The molecule has 2 heterocycles. The molecular formula is C17H18N4O2S. The highest BCUT2D eigenvalue weighted by molar-refractivity contribution is 7.10. The van der Waals surface area contributed by atoms with Crippen molar-refractivity contribution in [3.8, 4) is 11.5 Å². The van der Waals surface area contributed by atoms with Crippen molar-refractivity contribution in [2.24, 2.45) is 0 Å². The fourth-order valence-corrected chi connectivity index (χ4v) is 2.95. The molecule has 2 amide bonds. The lowest BCUT2D eigenvalue weighted by Gasteiger charge is -2.15. The van der Waals surface area contributed by atoms with Gasteiger partial charge < -0.3 is 15.2 Å². The number of thiophene rings is 1. The number of hydrogen-bond acceptors (Lipinski definition) is 5. The monoisotopic (exact) mass is 342 g/mol. The third kappa shape index (κ3) is 3.80. The number of benzene rings is 1. The summed E-state index contributed by atoms with van der Waals surface area (Å²) in [6, 6.07) is 12.8. The molecule has 1 aromatic carbocycles. The Morgan fingerprint density at radius 3 is 2.54 bits per heavy atom. The first-order chi connectivity index (χ1) is 11.6. The van der Waals surface area contributed by atoms with Crippen molar-refractivity contribution in [3.05, 3.63) is 58.5 Å². The number of amides is 2. The maximum absolute atomic E-state index is 12.1. The first-order valence-electron chi connectivity index (χ1n) is 7.63. The Morgan fingerprint density at radius 1 is 1.08 bits per heavy atom. The standard InChI is InChI=1S/C17H18N4O2S/c1-11(14-9-6-10-24-14)18-17(22)19-12(2)15-20-16(23-21-15)13-7-4-3-5-8-13/h3-12H,1-2H3,(H2,18,19,22)/t11-,12-/m1/s1. The van der Waals surface area contributed by atoms with Gasteiger partial charge in [-0.15, -0.1) is 11.3 Å². The van der Waals surface area contributed by atoms with E-state index in [4.69, 9.17) is 4.52 Å². The highest BCUT2D eigenvalue weighted by atomic mass is 32.1. The fraction of sp³-hybridized carbons (Fsp3) is 0.235. The van der Waals surface area contributed by atoms with Crippen molar-refractivity contribution in [2.75, 3.05) is 0 Å². The van der Waals surface area contributed by atoms with Gasteiger partial charge in [-0.3, -0.25) is 0 Å². The fourth-order valence-electron chi connectivity index (χ4n) is 2.22. The third-order valence-corrected chi connectivity index (χ3v) is 4.57. The van der Waals surface area contributed by atoms with Crippen LogP contribution < -0.4 is 10.6 Å². The second kappa shape index (κ2) is 7.27. The molecule has 0 aliphatic heterocycles. The second-order valence-corrected chi connectivity index (χ2v) is 6.38. The Bertz CT molecular complexity index is 786. The predicted molar refractivity (Wildman–Crippen MR) is 92.6 cm³/mol. The van der Waals surface area contributed by atoms with Crippen LogP contribution in [0.3, 0.4) is 0 Å². The minimum absolute atomic E-state index is 0.0534. The maximum atomic E-state index is 12.1. The molecule has 0 spiro atoms. The van der Waals surface area contributed by atoms with Crippen molar-refractivity contribution in [1.29, 1.82) is 0 Å². The molecule has 2 N–H and O–H groups in total. The largest absolute Gasteiger partial charge is 0.334 e. The molecule has 0 aliphatic carbocycles. The molecule has 24 heavy (non-hydrogen) atoms. The summed E-state index contributed by atoms with van der Waals surface area (Å²) in [4.78, 5) is 17.6. The van der Waals surface area contributed by atoms with Gasteiger partial charge in [0.05, 0.1) is 12.1 Å². The zero-order chi connectivity index (χ0) is 16.9. The van der Waals surface area contributed by atoms with Gasteiger partial charge >= 0.3 is 6.03 Å². The minimum Gasteiger partial charge on any atom is -0.334 e. The van der Waals surface area contributed by atoms with Gasteiger partial charge in [-0.1, -0.05) is 29.4 Å². The molecule has 0 fully saturated rings. The molecule has 2 aromatic heterocycles. The molecule has 3 rings (SSSR count). The average Bonchev–Trinajstić information content (AvgIpc) is 3.27. The first-order valence-corrected chi connectivity index (χ1v) is 8.51. The SMILES string of the molecule is C[C@@H](NC(=O)N[C@H](C)c1cccs1)c1noc(-c2ccccc2)n1. The van der Waals surface area contributed by atoms with Gasteiger partial charge in [-0.05, 0) is 37.4 Å². The Kier molecular flexibility index (Phi) is 4.90. The lowest BCUT2D eigenvalue weighted by atomic mass is 10.2. The molecular weight excluding hydrogens is 324 g/mol. The average molecular weight is 342 g/mol. The van der Waals surface area contributed by atoms with Gasteiger partial charge in [0.15, 0.2) is 5.82 Å². The Labute approximate surface area is 143 Å². The molecule has 6 nitrogen and oxygen atoms in total. The summed E-state index contributed by atoms with van der Waals surface area (Å²) in [7, 11) is 0. The van der Waals surface area contributed by atoms with Gasteiger partial charge in [0.25, 0.3) is 5.89 Å². The Morgan fingerprint density at radius 2 is 1.83 bits per heavy atom. The van der Waals surface area contributed by atoms with E-state index in [0.717, 1.165) is 10.4 Å². The van der Waals surface area contributed by atoms with Crippen LogP contribution in [0.15, 0.2) is 52.4 Å². The number of aromatic nitrogens is 2. The first kappa shape index (κ1) is 16.2. The van der Waals surface area contributed by atoms with Crippen LogP contribution in [0, 0.1) is 0 Å². The van der Waals surface area contributed by atoms with E-state index >= 15 is 0 Å². The van der Waals surface area contributed by atoms with Crippen LogP contribution in [0.5, 0.6) is 0 Å². The van der Waals surface area contributed by atoms with Crippen LogP contribution in [0.25, 0.3) is 11.5 Å². The van der Waals surface area contributed by atoms with E-state index in [1.807, 2.05) is 61.7 Å². The lowest BCUT2D eigenvalue weighted by molar-refractivity contribution is 0.234. The minimum atomic E-state index is -0.359. The molecule has 0 bridgehead atoms. The molecule has 2 atom stereocenters. The number of carbonyl (C=O) groups is 1. The van der Waals surface area contributed by atoms with Gasteiger partial charge in [0.2, 0.25) is 0 Å². The number of rotatable bonds is 5. The Balaban J connectivity index is 1.60. The highest BCUT2D eigenvalue weighted by Gasteiger charge is 2.18.